The molecule has 1 fully saturated rings. The van der Waals surface area contributed by atoms with Crippen molar-refractivity contribution >= 4 is 34.8 Å². The molecule has 8 nitrogen and oxygen atoms in total. The van der Waals surface area contributed by atoms with Crippen molar-refractivity contribution in [2.75, 3.05) is 31.5 Å². The summed E-state index contributed by atoms with van der Waals surface area (Å²) < 4.78 is 0. The average molecular weight is 397 g/mol. The zero-order chi connectivity index (χ0) is 19.8. The molecule has 1 saturated heterocycles. The summed E-state index contributed by atoms with van der Waals surface area (Å²) in [5.74, 6) is -0.255. The van der Waals surface area contributed by atoms with E-state index in [1.165, 1.54) is 18.2 Å². The highest BCUT2D eigenvalue weighted by atomic mass is 35.5. The van der Waals surface area contributed by atoms with Gasteiger partial charge in [0.1, 0.15) is 5.69 Å². The molecule has 27 heavy (non-hydrogen) atoms. The quantitative estimate of drug-likeness (QED) is 0.399. The molecule has 0 aromatic heterocycles. The molecule has 0 saturated carbocycles. The Hall–Kier alpha value is -2.19. The first-order valence-corrected chi connectivity index (χ1v) is 9.52. The van der Waals surface area contributed by atoms with E-state index in [4.69, 9.17) is 11.6 Å². The minimum absolute atomic E-state index is 0.0153. The SMILES string of the molecule is CCCCNC(=O)C1CCN(CC(=O)Nc2ccc(Cl)cc2[N+](=O)[O-])CC1. The number of nitrogens with one attached hydrogen (secondary N) is 2. The first kappa shape index (κ1) is 21.1. The van der Waals surface area contributed by atoms with E-state index >= 15 is 0 Å². The second-order valence-electron chi connectivity index (χ2n) is 6.66. The van der Waals surface area contributed by atoms with Crippen molar-refractivity contribution in [2.45, 2.75) is 32.6 Å². The van der Waals surface area contributed by atoms with E-state index in [-0.39, 0.29) is 40.7 Å². The lowest BCUT2D eigenvalue weighted by molar-refractivity contribution is -0.383. The molecule has 0 unspecified atom stereocenters. The smallest absolute Gasteiger partial charge is 0.294 e. The van der Waals surface area contributed by atoms with Crippen LogP contribution < -0.4 is 10.6 Å². The molecule has 148 valence electrons. The third-order valence-electron chi connectivity index (χ3n) is 4.59. The predicted octanol–water partition coefficient (Wildman–Crippen LogP) is 2.82. The van der Waals surface area contributed by atoms with Crippen molar-refractivity contribution in [2.24, 2.45) is 5.92 Å². The number of unbranched alkanes of at least 4 members (excludes halogenated alkanes) is 1. The summed E-state index contributed by atoms with van der Waals surface area (Å²) in [5.41, 5.74) is -0.113. The van der Waals surface area contributed by atoms with E-state index in [1.54, 1.807) is 0 Å². The number of rotatable bonds is 8. The van der Waals surface area contributed by atoms with Crippen LogP contribution in [0, 0.1) is 16.0 Å². The van der Waals surface area contributed by atoms with Gasteiger partial charge in [-0.2, -0.15) is 0 Å². The van der Waals surface area contributed by atoms with Gasteiger partial charge in [0.05, 0.1) is 11.5 Å². The molecular formula is C18H25ClN4O4. The van der Waals surface area contributed by atoms with Crippen LogP contribution in [0.25, 0.3) is 0 Å². The third-order valence-corrected chi connectivity index (χ3v) is 4.82. The molecular weight excluding hydrogens is 372 g/mol. The molecule has 1 aliphatic heterocycles. The molecule has 1 heterocycles. The maximum absolute atomic E-state index is 12.2. The molecule has 1 aliphatic rings. The summed E-state index contributed by atoms with van der Waals surface area (Å²) in [6, 6.07) is 4.12. The Labute approximate surface area is 163 Å². The molecule has 0 bridgehead atoms. The molecule has 2 rings (SSSR count). The van der Waals surface area contributed by atoms with Gasteiger partial charge in [-0.1, -0.05) is 24.9 Å². The molecule has 0 radical (unpaired) electrons. The number of amides is 2. The number of halogens is 1. The van der Waals surface area contributed by atoms with Crippen molar-refractivity contribution < 1.29 is 14.5 Å². The van der Waals surface area contributed by atoms with E-state index in [0.29, 0.717) is 32.5 Å². The van der Waals surface area contributed by atoms with Crippen LogP contribution in [0.15, 0.2) is 18.2 Å². The maximum atomic E-state index is 12.2. The summed E-state index contributed by atoms with van der Waals surface area (Å²) in [5, 5.41) is 16.8. The number of nitro groups is 1. The lowest BCUT2D eigenvalue weighted by atomic mass is 9.96. The fourth-order valence-corrected chi connectivity index (χ4v) is 3.21. The van der Waals surface area contributed by atoms with Crippen LogP contribution in [0.1, 0.15) is 32.6 Å². The number of hydrogen-bond acceptors (Lipinski definition) is 5. The molecule has 1 aromatic rings. The van der Waals surface area contributed by atoms with Gasteiger partial charge >= 0.3 is 0 Å². The van der Waals surface area contributed by atoms with Gasteiger partial charge in [-0.3, -0.25) is 24.6 Å². The second kappa shape index (κ2) is 10.2. The van der Waals surface area contributed by atoms with Gasteiger partial charge in [0.15, 0.2) is 0 Å². The topological polar surface area (TPSA) is 105 Å². The Morgan fingerprint density at radius 1 is 1.33 bits per heavy atom. The standard InChI is InChI=1S/C18H25ClN4O4/c1-2-3-8-20-18(25)13-6-9-22(10-7-13)12-17(24)21-15-5-4-14(19)11-16(15)23(26)27/h4-5,11,13H,2-3,6-10,12H2,1H3,(H,20,25)(H,21,24). The Balaban J connectivity index is 1.81. The van der Waals surface area contributed by atoms with Gasteiger partial charge in [0.2, 0.25) is 11.8 Å². The number of carbonyl (C=O) groups is 2. The summed E-state index contributed by atoms with van der Waals surface area (Å²) >= 11 is 5.77. The third kappa shape index (κ3) is 6.48. The maximum Gasteiger partial charge on any atom is 0.294 e. The Kier molecular flexibility index (Phi) is 7.99. The number of nitro benzene ring substituents is 1. The molecule has 0 atom stereocenters. The predicted molar refractivity (Wildman–Crippen MR) is 104 cm³/mol. The van der Waals surface area contributed by atoms with Crippen LogP contribution in [0.5, 0.6) is 0 Å². The van der Waals surface area contributed by atoms with Crippen molar-refractivity contribution in [1.82, 2.24) is 10.2 Å². The molecule has 0 spiro atoms. The van der Waals surface area contributed by atoms with Crippen LogP contribution >= 0.6 is 11.6 Å². The highest BCUT2D eigenvalue weighted by Gasteiger charge is 2.26. The summed E-state index contributed by atoms with van der Waals surface area (Å²) in [4.78, 5) is 36.8. The second-order valence-corrected chi connectivity index (χ2v) is 7.10. The lowest BCUT2D eigenvalue weighted by Crippen LogP contribution is -2.43. The van der Waals surface area contributed by atoms with Crippen molar-refractivity contribution in [1.29, 1.82) is 0 Å². The lowest BCUT2D eigenvalue weighted by Gasteiger charge is -2.30. The van der Waals surface area contributed by atoms with Crippen LogP contribution in [0.4, 0.5) is 11.4 Å². The first-order valence-electron chi connectivity index (χ1n) is 9.14. The van der Waals surface area contributed by atoms with E-state index in [0.717, 1.165) is 12.8 Å². The normalized spacial score (nSPS) is 15.3. The molecule has 9 heteroatoms. The molecule has 0 aliphatic carbocycles. The van der Waals surface area contributed by atoms with E-state index in [1.807, 2.05) is 4.90 Å². The largest absolute Gasteiger partial charge is 0.356 e. The van der Waals surface area contributed by atoms with Crippen LogP contribution in [0.2, 0.25) is 5.02 Å². The minimum Gasteiger partial charge on any atom is -0.356 e. The van der Waals surface area contributed by atoms with Crippen molar-refractivity contribution in [3.05, 3.63) is 33.3 Å². The summed E-state index contributed by atoms with van der Waals surface area (Å²) in [6.45, 7) is 4.19. The number of benzene rings is 1. The van der Waals surface area contributed by atoms with Crippen LogP contribution in [-0.4, -0.2) is 47.8 Å². The molecule has 1 aromatic carbocycles. The van der Waals surface area contributed by atoms with Gasteiger partial charge in [0, 0.05) is 23.6 Å². The summed E-state index contributed by atoms with van der Waals surface area (Å²) in [7, 11) is 0. The zero-order valence-corrected chi connectivity index (χ0v) is 16.1. The summed E-state index contributed by atoms with van der Waals surface area (Å²) in [6.07, 6.45) is 3.42. The molecule has 2 N–H and O–H groups in total. The number of likely N-dealkylation sites (tertiary alicyclic amines) is 1. The van der Waals surface area contributed by atoms with E-state index < -0.39 is 4.92 Å². The Morgan fingerprint density at radius 2 is 2.04 bits per heavy atom. The first-order chi connectivity index (χ1) is 12.9. The van der Waals surface area contributed by atoms with Crippen LogP contribution in [-0.2, 0) is 9.59 Å². The fraction of sp³-hybridized carbons (Fsp3) is 0.556. The highest BCUT2D eigenvalue weighted by molar-refractivity contribution is 6.31. The zero-order valence-electron chi connectivity index (χ0n) is 15.4. The number of nitrogens with zero attached hydrogens (tertiary/aromatic N) is 2. The van der Waals surface area contributed by atoms with Crippen molar-refractivity contribution in [3.8, 4) is 0 Å². The fourth-order valence-electron chi connectivity index (χ4n) is 3.04. The van der Waals surface area contributed by atoms with Crippen LogP contribution in [0.3, 0.4) is 0 Å². The monoisotopic (exact) mass is 396 g/mol. The van der Waals surface area contributed by atoms with Gasteiger partial charge in [-0.15, -0.1) is 0 Å². The van der Waals surface area contributed by atoms with E-state index in [2.05, 4.69) is 17.6 Å². The highest BCUT2D eigenvalue weighted by Crippen LogP contribution is 2.27. The van der Waals surface area contributed by atoms with Gasteiger partial charge in [-0.25, -0.2) is 0 Å². The number of anilines is 1. The Morgan fingerprint density at radius 3 is 2.67 bits per heavy atom. The van der Waals surface area contributed by atoms with Gasteiger partial charge in [-0.05, 0) is 44.5 Å². The number of carbonyl (C=O) groups excluding carboxylic acids is 2. The number of piperidine rings is 1. The van der Waals surface area contributed by atoms with Crippen molar-refractivity contribution in [3.63, 3.8) is 0 Å². The van der Waals surface area contributed by atoms with Gasteiger partial charge < -0.3 is 10.6 Å². The van der Waals surface area contributed by atoms with E-state index in [9.17, 15) is 19.7 Å². The Bertz CT molecular complexity index is 690. The average Bonchev–Trinajstić information content (AvgIpc) is 2.63. The molecule has 2 amide bonds. The van der Waals surface area contributed by atoms with Gasteiger partial charge in [0.25, 0.3) is 5.69 Å². The minimum atomic E-state index is -0.579. The number of hydrogen-bond donors (Lipinski definition) is 2.